The van der Waals surface area contributed by atoms with Crippen LogP contribution in [0.2, 0.25) is 0 Å². The van der Waals surface area contributed by atoms with Gasteiger partial charge in [0.15, 0.2) is 0 Å². The van der Waals surface area contributed by atoms with Gasteiger partial charge in [-0.1, -0.05) is 17.3 Å². The van der Waals surface area contributed by atoms with E-state index in [4.69, 9.17) is 9.51 Å². The number of nitrogens with zero attached hydrogens (tertiary/aromatic N) is 3. The molecule has 1 aromatic carbocycles. The fourth-order valence-corrected chi connectivity index (χ4v) is 3.91. The van der Waals surface area contributed by atoms with Gasteiger partial charge in [-0.3, -0.25) is 9.78 Å². The topological polar surface area (TPSA) is 59.2 Å². The first kappa shape index (κ1) is 19.2. The molecule has 29 heavy (non-hydrogen) atoms. The standard InChI is InChI=1S/C22H21F2N3O2/c1-13-20(14(2)29-26-13)19-8-4-7-18(25-19)15-9-11-27(12-10-15)22(28)21-16(23)5-3-6-17(21)24/h3-8,15H,9-12H2,1-2H3. The van der Waals surface area contributed by atoms with Crippen LogP contribution in [0.3, 0.4) is 0 Å². The Bertz CT molecular complexity index is 1020. The Kier molecular flexibility index (Phi) is 5.13. The summed E-state index contributed by atoms with van der Waals surface area (Å²) in [6.07, 6.45) is 1.36. The van der Waals surface area contributed by atoms with Crippen LogP contribution in [0.4, 0.5) is 8.78 Å². The number of aromatic nitrogens is 2. The number of likely N-dealkylation sites (tertiary alicyclic amines) is 1. The molecular weight excluding hydrogens is 376 g/mol. The molecule has 1 aliphatic heterocycles. The number of benzene rings is 1. The molecule has 2 aromatic heterocycles. The second-order valence-corrected chi connectivity index (χ2v) is 7.31. The van der Waals surface area contributed by atoms with Crippen molar-refractivity contribution in [3.8, 4) is 11.3 Å². The van der Waals surface area contributed by atoms with Gasteiger partial charge in [0.2, 0.25) is 0 Å². The maximum Gasteiger partial charge on any atom is 0.259 e. The number of pyridine rings is 1. The molecule has 0 radical (unpaired) electrons. The summed E-state index contributed by atoms with van der Waals surface area (Å²) >= 11 is 0. The van der Waals surface area contributed by atoms with Crippen LogP contribution >= 0.6 is 0 Å². The van der Waals surface area contributed by atoms with Gasteiger partial charge in [0.25, 0.3) is 5.91 Å². The van der Waals surface area contributed by atoms with Crippen LogP contribution in [0.15, 0.2) is 40.9 Å². The molecular formula is C22H21F2N3O2. The van der Waals surface area contributed by atoms with Crippen LogP contribution in [0.1, 0.15) is 46.3 Å². The molecule has 150 valence electrons. The third kappa shape index (κ3) is 3.64. The van der Waals surface area contributed by atoms with Gasteiger partial charge >= 0.3 is 0 Å². The highest BCUT2D eigenvalue weighted by Gasteiger charge is 2.28. The van der Waals surface area contributed by atoms with E-state index in [9.17, 15) is 13.6 Å². The van der Waals surface area contributed by atoms with Crippen molar-refractivity contribution in [1.29, 1.82) is 0 Å². The summed E-state index contributed by atoms with van der Waals surface area (Å²) in [6.45, 7) is 4.59. The molecule has 4 rings (SSSR count). The molecule has 7 heteroatoms. The van der Waals surface area contributed by atoms with Crippen LogP contribution in [0, 0.1) is 25.5 Å². The van der Waals surface area contributed by atoms with Gasteiger partial charge in [-0.15, -0.1) is 0 Å². The number of carbonyl (C=O) groups is 1. The predicted octanol–water partition coefficient (Wildman–Crippen LogP) is 4.65. The molecule has 0 unspecified atom stereocenters. The summed E-state index contributed by atoms with van der Waals surface area (Å²) in [5.41, 5.74) is 2.95. The predicted molar refractivity (Wildman–Crippen MR) is 103 cm³/mol. The Balaban J connectivity index is 1.49. The van der Waals surface area contributed by atoms with Crippen molar-refractivity contribution < 1.29 is 18.1 Å². The SMILES string of the molecule is Cc1noc(C)c1-c1cccc(C2CCN(C(=O)c3c(F)cccc3F)CC2)n1. The highest BCUT2D eigenvalue weighted by molar-refractivity contribution is 5.94. The van der Waals surface area contributed by atoms with Gasteiger partial charge < -0.3 is 9.42 Å². The molecule has 1 amide bonds. The van der Waals surface area contributed by atoms with Crippen molar-refractivity contribution in [2.45, 2.75) is 32.6 Å². The average molecular weight is 397 g/mol. The number of hydrogen-bond donors (Lipinski definition) is 0. The molecule has 1 fully saturated rings. The lowest BCUT2D eigenvalue weighted by Gasteiger charge is -2.32. The third-order valence-corrected chi connectivity index (χ3v) is 5.44. The molecule has 1 saturated heterocycles. The third-order valence-electron chi connectivity index (χ3n) is 5.44. The maximum absolute atomic E-state index is 13.9. The molecule has 3 heterocycles. The molecule has 0 aliphatic carbocycles. The van der Waals surface area contributed by atoms with Crippen molar-refractivity contribution >= 4 is 5.91 Å². The first-order valence-corrected chi connectivity index (χ1v) is 9.59. The largest absolute Gasteiger partial charge is 0.361 e. The Morgan fingerprint density at radius 3 is 2.34 bits per heavy atom. The lowest BCUT2D eigenvalue weighted by Crippen LogP contribution is -2.38. The van der Waals surface area contributed by atoms with E-state index in [1.807, 2.05) is 32.0 Å². The molecule has 1 aliphatic rings. The maximum atomic E-state index is 13.9. The van der Waals surface area contributed by atoms with Gasteiger partial charge in [0, 0.05) is 24.7 Å². The van der Waals surface area contributed by atoms with E-state index in [2.05, 4.69) is 5.16 Å². The van der Waals surface area contributed by atoms with Gasteiger partial charge in [0.05, 0.1) is 17.0 Å². The zero-order valence-corrected chi connectivity index (χ0v) is 16.3. The van der Waals surface area contributed by atoms with E-state index in [-0.39, 0.29) is 5.92 Å². The average Bonchev–Trinajstić information content (AvgIpc) is 3.06. The first-order valence-electron chi connectivity index (χ1n) is 9.59. The Morgan fingerprint density at radius 2 is 1.72 bits per heavy atom. The van der Waals surface area contributed by atoms with E-state index in [1.165, 1.54) is 11.0 Å². The summed E-state index contributed by atoms with van der Waals surface area (Å²) in [6, 6.07) is 9.32. The van der Waals surface area contributed by atoms with Crippen molar-refractivity contribution in [3.05, 3.63) is 70.7 Å². The molecule has 3 aromatic rings. The van der Waals surface area contributed by atoms with Gasteiger partial charge in [-0.05, 0) is 51.0 Å². The van der Waals surface area contributed by atoms with E-state index in [0.29, 0.717) is 25.9 Å². The van der Waals surface area contributed by atoms with Crippen molar-refractivity contribution in [1.82, 2.24) is 15.0 Å². The number of hydrogen-bond acceptors (Lipinski definition) is 4. The van der Waals surface area contributed by atoms with E-state index in [0.717, 1.165) is 40.5 Å². The molecule has 0 saturated carbocycles. The van der Waals surface area contributed by atoms with Crippen LogP contribution in [-0.4, -0.2) is 34.0 Å². The molecule has 5 nitrogen and oxygen atoms in total. The number of amides is 1. The van der Waals surface area contributed by atoms with Crippen LogP contribution < -0.4 is 0 Å². The second-order valence-electron chi connectivity index (χ2n) is 7.31. The van der Waals surface area contributed by atoms with Crippen LogP contribution in [0.5, 0.6) is 0 Å². The Labute approximate surface area is 167 Å². The van der Waals surface area contributed by atoms with Crippen molar-refractivity contribution in [3.63, 3.8) is 0 Å². The fraction of sp³-hybridized carbons (Fsp3) is 0.318. The molecule has 0 spiro atoms. The van der Waals surface area contributed by atoms with Gasteiger partial charge in [-0.25, -0.2) is 8.78 Å². The number of carbonyl (C=O) groups excluding carboxylic acids is 1. The minimum atomic E-state index is -0.828. The number of aryl methyl sites for hydroxylation is 2. The summed E-state index contributed by atoms with van der Waals surface area (Å²) in [5, 5.41) is 3.99. The Morgan fingerprint density at radius 1 is 1.07 bits per heavy atom. The minimum absolute atomic E-state index is 0.171. The highest BCUT2D eigenvalue weighted by Crippen LogP contribution is 2.31. The zero-order chi connectivity index (χ0) is 20.5. The number of piperidine rings is 1. The summed E-state index contributed by atoms with van der Waals surface area (Å²) in [5.74, 6) is -1.36. The van der Waals surface area contributed by atoms with E-state index < -0.39 is 23.1 Å². The first-order chi connectivity index (χ1) is 14.0. The summed E-state index contributed by atoms with van der Waals surface area (Å²) in [7, 11) is 0. The molecule has 0 N–H and O–H groups in total. The zero-order valence-electron chi connectivity index (χ0n) is 16.3. The van der Waals surface area contributed by atoms with E-state index in [1.54, 1.807) is 0 Å². The highest BCUT2D eigenvalue weighted by atomic mass is 19.1. The van der Waals surface area contributed by atoms with Crippen LogP contribution in [0.25, 0.3) is 11.3 Å². The summed E-state index contributed by atoms with van der Waals surface area (Å²) in [4.78, 5) is 18.9. The Hall–Kier alpha value is -3.09. The lowest BCUT2D eigenvalue weighted by molar-refractivity contribution is 0.0702. The lowest BCUT2D eigenvalue weighted by atomic mass is 9.92. The quantitative estimate of drug-likeness (QED) is 0.645. The molecule has 0 atom stereocenters. The van der Waals surface area contributed by atoms with E-state index >= 15 is 0 Å². The van der Waals surface area contributed by atoms with Crippen molar-refractivity contribution in [2.75, 3.05) is 13.1 Å². The van der Waals surface area contributed by atoms with Crippen molar-refractivity contribution in [2.24, 2.45) is 0 Å². The fourth-order valence-electron chi connectivity index (χ4n) is 3.91. The minimum Gasteiger partial charge on any atom is -0.361 e. The number of halogens is 2. The van der Waals surface area contributed by atoms with Gasteiger partial charge in [-0.2, -0.15) is 0 Å². The monoisotopic (exact) mass is 397 g/mol. The number of rotatable bonds is 3. The van der Waals surface area contributed by atoms with Gasteiger partial charge in [0.1, 0.15) is 23.0 Å². The summed E-state index contributed by atoms with van der Waals surface area (Å²) < 4.78 is 33.1. The second kappa shape index (κ2) is 7.73. The normalized spacial score (nSPS) is 15.0. The molecule has 0 bridgehead atoms. The smallest absolute Gasteiger partial charge is 0.259 e. The van der Waals surface area contributed by atoms with Crippen LogP contribution in [-0.2, 0) is 0 Å².